The number of nitrogens with zero attached hydrogens (tertiary/aromatic N) is 2. The molecule has 7 nitrogen and oxygen atoms in total. The van der Waals surface area contributed by atoms with Gasteiger partial charge in [-0.1, -0.05) is 0 Å². The van der Waals surface area contributed by atoms with Crippen molar-refractivity contribution in [2.24, 2.45) is 0 Å². The van der Waals surface area contributed by atoms with E-state index in [4.69, 9.17) is 9.15 Å². The Kier molecular flexibility index (Phi) is 5.90. The first-order chi connectivity index (χ1) is 12.5. The van der Waals surface area contributed by atoms with Crippen LogP contribution in [0.25, 0.3) is 0 Å². The van der Waals surface area contributed by atoms with Crippen LogP contribution in [0.1, 0.15) is 44.2 Å². The molecule has 2 fully saturated rings. The van der Waals surface area contributed by atoms with Gasteiger partial charge in [0.05, 0.1) is 6.26 Å². The van der Waals surface area contributed by atoms with E-state index < -0.39 is 12.0 Å². The molecule has 0 aromatic carbocycles. The topological polar surface area (TPSA) is 80.1 Å². The lowest BCUT2D eigenvalue weighted by Crippen LogP contribution is -2.46. The van der Waals surface area contributed by atoms with E-state index in [1.807, 2.05) is 6.92 Å². The van der Waals surface area contributed by atoms with Crippen LogP contribution in [0, 0.1) is 0 Å². The van der Waals surface area contributed by atoms with Crippen molar-refractivity contribution in [2.45, 2.75) is 50.6 Å². The Hall–Kier alpha value is -1.96. The number of esters is 1. The molecule has 2 saturated heterocycles. The van der Waals surface area contributed by atoms with Crippen molar-refractivity contribution >= 4 is 29.5 Å². The molecule has 3 heterocycles. The van der Waals surface area contributed by atoms with Gasteiger partial charge in [0.1, 0.15) is 17.2 Å². The number of thioether (sulfide) groups is 1. The molecule has 2 aliphatic heterocycles. The van der Waals surface area contributed by atoms with Gasteiger partial charge in [0.2, 0.25) is 5.91 Å². The average molecular weight is 380 g/mol. The molecule has 2 amide bonds. The second-order valence-electron chi connectivity index (χ2n) is 6.68. The van der Waals surface area contributed by atoms with Crippen molar-refractivity contribution < 1.29 is 23.5 Å². The van der Waals surface area contributed by atoms with Crippen molar-refractivity contribution in [1.82, 2.24) is 9.80 Å². The van der Waals surface area contributed by atoms with Crippen molar-refractivity contribution in [3.63, 3.8) is 0 Å². The number of hydrogen-bond acceptors (Lipinski definition) is 6. The van der Waals surface area contributed by atoms with Crippen LogP contribution in [0.3, 0.4) is 0 Å². The number of rotatable bonds is 4. The minimum atomic E-state index is -0.709. The monoisotopic (exact) mass is 380 g/mol. The number of carbonyl (C=O) groups is 3. The zero-order valence-corrected chi connectivity index (χ0v) is 15.9. The number of piperidine rings is 1. The van der Waals surface area contributed by atoms with Gasteiger partial charge in [0, 0.05) is 25.3 Å². The summed E-state index contributed by atoms with van der Waals surface area (Å²) in [5.74, 6) is 0.0962. The summed E-state index contributed by atoms with van der Waals surface area (Å²) in [5, 5.41) is -0.349. The fourth-order valence-corrected chi connectivity index (χ4v) is 4.92. The molecule has 0 radical (unpaired) electrons. The number of hydrogen-bond donors (Lipinski definition) is 0. The SMILES string of the molecule is CC(=O)N1[C@@H](c2ccco2)SC[C@H]1C(=O)OCC(=O)N1CCCC[C@H]1C. The van der Waals surface area contributed by atoms with Gasteiger partial charge < -0.3 is 19.0 Å². The fraction of sp³-hybridized carbons (Fsp3) is 0.611. The number of ether oxygens (including phenoxy) is 1. The van der Waals surface area contributed by atoms with Gasteiger partial charge >= 0.3 is 5.97 Å². The van der Waals surface area contributed by atoms with E-state index in [0.717, 1.165) is 19.3 Å². The van der Waals surface area contributed by atoms with Gasteiger partial charge in [0.25, 0.3) is 5.91 Å². The summed E-state index contributed by atoms with van der Waals surface area (Å²) >= 11 is 1.45. The van der Waals surface area contributed by atoms with E-state index in [2.05, 4.69) is 0 Å². The van der Waals surface area contributed by atoms with Crippen LogP contribution in [0.2, 0.25) is 0 Å². The van der Waals surface area contributed by atoms with Crippen LogP contribution < -0.4 is 0 Å². The Bertz CT molecular complexity index is 663. The molecule has 26 heavy (non-hydrogen) atoms. The van der Waals surface area contributed by atoms with Crippen LogP contribution in [0.4, 0.5) is 0 Å². The standard InChI is InChI=1S/C18H24N2O5S/c1-12-6-3-4-8-19(12)16(22)10-25-18(23)14-11-26-17(20(14)13(2)21)15-7-5-9-24-15/h5,7,9,12,14,17H,3-4,6,8,10-11H2,1-2H3/t12-,14+,17-/m1/s1. The van der Waals surface area contributed by atoms with Crippen molar-refractivity contribution in [1.29, 1.82) is 0 Å². The molecule has 0 aliphatic carbocycles. The molecule has 0 unspecified atom stereocenters. The second kappa shape index (κ2) is 8.16. The summed E-state index contributed by atoms with van der Waals surface area (Å²) in [6, 6.07) is 2.99. The summed E-state index contributed by atoms with van der Waals surface area (Å²) in [7, 11) is 0. The molecule has 0 bridgehead atoms. The summed E-state index contributed by atoms with van der Waals surface area (Å²) < 4.78 is 10.7. The van der Waals surface area contributed by atoms with E-state index in [1.54, 1.807) is 17.0 Å². The zero-order chi connectivity index (χ0) is 18.7. The molecule has 142 valence electrons. The van der Waals surface area contributed by atoms with Gasteiger partial charge in [-0.05, 0) is 38.3 Å². The maximum Gasteiger partial charge on any atom is 0.330 e. The predicted octanol–water partition coefficient (Wildman–Crippen LogP) is 2.19. The first-order valence-corrected chi connectivity index (χ1v) is 9.94. The lowest BCUT2D eigenvalue weighted by molar-refractivity contribution is -0.159. The lowest BCUT2D eigenvalue weighted by Gasteiger charge is -2.33. The van der Waals surface area contributed by atoms with E-state index in [0.29, 0.717) is 18.1 Å². The quantitative estimate of drug-likeness (QED) is 0.745. The molecule has 3 rings (SSSR count). The number of carbonyl (C=O) groups excluding carboxylic acids is 3. The Morgan fingerprint density at radius 2 is 2.15 bits per heavy atom. The molecule has 1 aromatic heterocycles. The third-order valence-electron chi connectivity index (χ3n) is 4.88. The molecule has 2 aliphatic rings. The molecule has 3 atom stereocenters. The smallest absolute Gasteiger partial charge is 0.330 e. The maximum absolute atomic E-state index is 12.5. The molecule has 0 spiro atoms. The van der Waals surface area contributed by atoms with Gasteiger partial charge in [-0.2, -0.15) is 0 Å². The maximum atomic E-state index is 12.5. The molecule has 0 N–H and O–H groups in total. The Morgan fingerprint density at radius 3 is 2.81 bits per heavy atom. The van der Waals surface area contributed by atoms with Crippen LogP contribution in [-0.4, -0.2) is 58.6 Å². The lowest BCUT2D eigenvalue weighted by atomic mass is 10.0. The summed E-state index contributed by atoms with van der Waals surface area (Å²) in [5.41, 5.74) is 0. The van der Waals surface area contributed by atoms with E-state index in [9.17, 15) is 14.4 Å². The summed E-state index contributed by atoms with van der Waals surface area (Å²) in [6.45, 7) is 3.86. The number of likely N-dealkylation sites (tertiary alicyclic amines) is 1. The van der Waals surface area contributed by atoms with E-state index >= 15 is 0 Å². The molecule has 1 aromatic rings. The summed E-state index contributed by atoms with van der Waals surface area (Å²) in [6.07, 6.45) is 4.61. The highest BCUT2D eigenvalue weighted by atomic mass is 32.2. The average Bonchev–Trinajstić information content (AvgIpc) is 3.28. The highest BCUT2D eigenvalue weighted by molar-refractivity contribution is 7.99. The Labute approximate surface area is 157 Å². The fourth-order valence-electron chi connectivity index (χ4n) is 3.50. The van der Waals surface area contributed by atoms with Crippen LogP contribution >= 0.6 is 11.8 Å². The molecule has 8 heteroatoms. The van der Waals surface area contributed by atoms with Gasteiger partial charge in [-0.25, -0.2) is 4.79 Å². The predicted molar refractivity (Wildman–Crippen MR) is 96.2 cm³/mol. The van der Waals surface area contributed by atoms with Gasteiger partial charge in [-0.3, -0.25) is 9.59 Å². The summed E-state index contributed by atoms with van der Waals surface area (Å²) in [4.78, 5) is 40.2. The molecule has 0 saturated carbocycles. The third-order valence-corrected chi connectivity index (χ3v) is 6.17. The Morgan fingerprint density at radius 1 is 1.35 bits per heavy atom. The second-order valence-corrected chi connectivity index (χ2v) is 7.80. The first kappa shape index (κ1) is 18.8. The van der Waals surface area contributed by atoms with Crippen LogP contribution in [0.15, 0.2) is 22.8 Å². The normalized spacial score (nSPS) is 26.0. The molecular formula is C18H24N2O5S. The van der Waals surface area contributed by atoms with Crippen LogP contribution in [0.5, 0.6) is 0 Å². The number of amides is 2. The van der Waals surface area contributed by atoms with Gasteiger partial charge in [0.15, 0.2) is 6.61 Å². The van der Waals surface area contributed by atoms with Crippen LogP contribution in [-0.2, 0) is 19.1 Å². The van der Waals surface area contributed by atoms with Gasteiger partial charge in [-0.15, -0.1) is 11.8 Å². The van der Waals surface area contributed by atoms with Crippen molar-refractivity contribution in [2.75, 3.05) is 18.9 Å². The highest BCUT2D eigenvalue weighted by Gasteiger charge is 2.43. The third kappa shape index (κ3) is 3.90. The minimum absolute atomic E-state index is 0.173. The first-order valence-electron chi connectivity index (χ1n) is 8.89. The van der Waals surface area contributed by atoms with E-state index in [1.165, 1.54) is 29.8 Å². The number of furan rings is 1. The highest BCUT2D eigenvalue weighted by Crippen LogP contribution is 2.41. The van der Waals surface area contributed by atoms with E-state index in [-0.39, 0.29) is 29.8 Å². The Balaban J connectivity index is 1.60. The minimum Gasteiger partial charge on any atom is -0.466 e. The molecular weight excluding hydrogens is 356 g/mol. The largest absolute Gasteiger partial charge is 0.466 e. The zero-order valence-electron chi connectivity index (χ0n) is 15.1. The van der Waals surface area contributed by atoms with Crippen molar-refractivity contribution in [3.8, 4) is 0 Å². The van der Waals surface area contributed by atoms with Crippen molar-refractivity contribution in [3.05, 3.63) is 24.2 Å².